The fourth-order valence-electron chi connectivity index (χ4n) is 1.48. The Balaban J connectivity index is 1.71. The quantitative estimate of drug-likeness (QED) is 0.940. The largest absolute Gasteiger partial charge is 0.439 e. The van der Waals surface area contributed by atoms with Crippen molar-refractivity contribution in [3.8, 4) is 11.3 Å². The highest BCUT2D eigenvalue weighted by atomic mass is 79.9. The molecule has 0 radical (unpaired) electrons. The lowest BCUT2D eigenvalue weighted by Crippen LogP contribution is -2.15. The molecule has 1 fully saturated rings. The number of nitrogens with one attached hydrogen (secondary N) is 1. The normalized spacial score (nSPS) is 15.6. The van der Waals surface area contributed by atoms with Crippen LogP contribution in [0.5, 0.6) is 0 Å². The van der Waals surface area contributed by atoms with Gasteiger partial charge in [-0.25, -0.2) is 4.98 Å². The molecule has 2 heterocycles. The predicted molar refractivity (Wildman–Crippen MR) is 67.4 cm³/mol. The van der Waals surface area contributed by atoms with E-state index in [0.29, 0.717) is 6.04 Å². The first kappa shape index (κ1) is 10.5. The fourth-order valence-corrected chi connectivity index (χ4v) is 2.63. The molecule has 0 aliphatic heterocycles. The first-order valence-corrected chi connectivity index (χ1v) is 6.91. The molecule has 0 aromatic carbocycles. The zero-order chi connectivity index (χ0) is 11.0. The maximum Gasteiger partial charge on any atom is 0.208 e. The van der Waals surface area contributed by atoms with Crippen LogP contribution >= 0.6 is 27.3 Å². The van der Waals surface area contributed by atoms with Crippen LogP contribution in [0.25, 0.3) is 11.3 Å². The van der Waals surface area contributed by atoms with Crippen molar-refractivity contribution in [2.24, 2.45) is 0 Å². The number of halogens is 1. The molecule has 3 nitrogen and oxygen atoms in total. The standard InChI is InChI=1S/C11H11BrN2OS/c12-10-3-7(6-16-10)9-4-14-11(15-9)5-13-8-1-2-8/h3-4,6,8,13H,1-2,5H2. The molecule has 0 saturated heterocycles. The third-order valence-corrected chi connectivity index (χ3v) is 4.03. The Morgan fingerprint density at radius 1 is 1.56 bits per heavy atom. The van der Waals surface area contributed by atoms with Crippen molar-refractivity contribution in [2.45, 2.75) is 25.4 Å². The van der Waals surface area contributed by atoms with E-state index in [2.05, 4.69) is 31.6 Å². The van der Waals surface area contributed by atoms with Crippen LogP contribution in [0, 0.1) is 0 Å². The second kappa shape index (κ2) is 4.31. The number of rotatable bonds is 4. The molecule has 3 rings (SSSR count). The first-order valence-electron chi connectivity index (χ1n) is 5.24. The summed E-state index contributed by atoms with van der Waals surface area (Å²) in [6.45, 7) is 0.732. The van der Waals surface area contributed by atoms with Crippen LogP contribution in [0.4, 0.5) is 0 Å². The zero-order valence-electron chi connectivity index (χ0n) is 8.57. The lowest BCUT2D eigenvalue weighted by Gasteiger charge is -1.96. The van der Waals surface area contributed by atoms with Crippen LogP contribution in [0.15, 0.2) is 25.8 Å². The van der Waals surface area contributed by atoms with Crippen LogP contribution in [-0.2, 0) is 6.54 Å². The Bertz CT molecular complexity index is 490. The molecule has 0 unspecified atom stereocenters. The summed E-state index contributed by atoms with van der Waals surface area (Å²) < 4.78 is 6.78. The summed E-state index contributed by atoms with van der Waals surface area (Å²) in [4.78, 5) is 4.26. The van der Waals surface area contributed by atoms with Gasteiger partial charge in [-0.1, -0.05) is 0 Å². The van der Waals surface area contributed by atoms with Crippen LogP contribution < -0.4 is 5.32 Å². The Hall–Kier alpha value is -0.650. The number of aromatic nitrogens is 1. The molecule has 1 aliphatic carbocycles. The van der Waals surface area contributed by atoms with Gasteiger partial charge in [0.15, 0.2) is 5.76 Å². The minimum Gasteiger partial charge on any atom is -0.439 e. The third kappa shape index (κ3) is 2.36. The summed E-state index contributed by atoms with van der Waals surface area (Å²) in [6.07, 6.45) is 4.36. The number of thiophene rings is 1. The Kier molecular flexibility index (Phi) is 2.83. The highest BCUT2D eigenvalue weighted by Gasteiger charge is 2.21. The van der Waals surface area contributed by atoms with Gasteiger partial charge in [-0.15, -0.1) is 11.3 Å². The van der Waals surface area contributed by atoms with E-state index in [0.717, 1.165) is 27.5 Å². The molecule has 5 heteroatoms. The molecular weight excluding hydrogens is 288 g/mol. The second-order valence-electron chi connectivity index (χ2n) is 3.91. The van der Waals surface area contributed by atoms with E-state index < -0.39 is 0 Å². The Morgan fingerprint density at radius 2 is 2.44 bits per heavy atom. The van der Waals surface area contributed by atoms with Crippen molar-refractivity contribution in [1.82, 2.24) is 10.3 Å². The van der Waals surface area contributed by atoms with Crippen LogP contribution in [0.3, 0.4) is 0 Å². The van der Waals surface area contributed by atoms with Crippen molar-refractivity contribution in [3.63, 3.8) is 0 Å². The average molecular weight is 299 g/mol. The van der Waals surface area contributed by atoms with Gasteiger partial charge in [0.05, 0.1) is 16.5 Å². The number of hydrogen-bond donors (Lipinski definition) is 1. The van der Waals surface area contributed by atoms with Gasteiger partial charge in [0.2, 0.25) is 5.89 Å². The molecule has 0 spiro atoms. The van der Waals surface area contributed by atoms with E-state index in [4.69, 9.17) is 4.42 Å². The zero-order valence-corrected chi connectivity index (χ0v) is 11.0. The first-order chi connectivity index (χ1) is 7.81. The minimum absolute atomic E-state index is 0.686. The molecule has 0 atom stereocenters. The van der Waals surface area contributed by atoms with Crippen molar-refractivity contribution in [1.29, 1.82) is 0 Å². The van der Waals surface area contributed by atoms with Gasteiger partial charge in [-0.05, 0) is 34.8 Å². The molecule has 1 N–H and O–H groups in total. The monoisotopic (exact) mass is 298 g/mol. The molecular formula is C11H11BrN2OS. The predicted octanol–water partition coefficient (Wildman–Crippen LogP) is 3.42. The number of nitrogens with zero attached hydrogens (tertiary/aromatic N) is 1. The van der Waals surface area contributed by atoms with Gasteiger partial charge >= 0.3 is 0 Å². The van der Waals surface area contributed by atoms with E-state index in [1.54, 1.807) is 17.5 Å². The fraction of sp³-hybridized carbons (Fsp3) is 0.364. The highest BCUT2D eigenvalue weighted by Crippen LogP contribution is 2.29. The minimum atomic E-state index is 0.686. The van der Waals surface area contributed by atoms with Crippen molar-refractivity contribution >= 4 is 27.3 Å². The summed E-state index contributed by atoms with van der Waals surface area (Å²) in [6, 6.07) is 2.73. The maximum atomic E-state index is 5.67. The number of hydrogen-bond acceptors (Lipinski definition) is 4. The smallest absolute Gasteiger partial charge is 0.208 e. The molecule has 2 aromatic heterocycles. The average Bonchev–Trinajstić information content (AvgIpc) is 2.81. The summed E-state index contributed by atoms with van der Waals surface area (Å²) in [5, 5.41) is 5.44. The van der Waals surface area contributed by atoms with Gasteiger partial charge in [0, 0.05) is 17.0 Å². The van der Waals surface area contributed by atoms with Gasteiger partial charge in [0.25, 0.3) is 0 Å². The second-order valence-corrected chi connectivity index (χ2v) is 6.20. The molecule has 1 saturated carbocycles. The van der Waals surface area contributed by atoms with Crippen molar-refractivity contribution in [3.05, 3.63) is 27.3 Å². The van der Waals surface area contributed by atoms with Crippen LogP contribution in [0.2, 0.25) is 0 Å². The SMILES string of the molecule is Brc1cc(-c2cnc(CNC3CC3)o2)cs1. The van der Waals surface area contributed by atoms with E-state index in [-0.39, 0.29) is 0 Å². The van der Waals surface area contributed by atoms with Crippen molar-refractivity contribution < 1.29 is 4.42 Å². The molecule has 0 bridgehead atoms. The Labute approximate surface area is 106 Å². The molecule has 84 valence electrons. The summed E-state index contributed by atoms with van der Waals surface area (Å²) in [5.41, 5.74) is 1.09. The maximum absolute atomic E-state index is 5.67. The van der Waals surface area contributed by atoms with Gasteiger partial charge < -0.3 is 9.73 Å². The van der Waals surface area contributed by atoms with Gasteiger partial charge in [-0.3, -0.25) is 0 Å². The van der Waals surface area contributed by atoms with Gasteiger partial charge in [-0.2, -0.15) is 0 Å². The van der Waals surface area contributed by atoms with Crippen molar-refractivity contribution in [2.75, 3.05) is 0 Å². The summed E-state index contributed by atoms with van der Waals surface area (Å²) >= 11 is 5.09. The molecule has 16 heavy (non-hydrogen) atoms. The third-order valence-electron chi connectivity index (χ3n) is 2.52. The topological polar surface area (TPSA) is 38.1 Å². The molecule has 2 aromatic rings. The van der Waals surface area contributed by atoms with E-state index >= 15 is 0 Å². The number of oxazole rings is 1. The lowest BCUT2D eigenvalue weighted by atomic mass is 10.3. The van der Waals surface area contributed by atoms with Crippen LogP contribution in [-0.4, -0.2) is 11.0 Å². The summed E-state index contributed by atoms with van der Waals surface area (Å²) in [7, 11) is 0. The van der Waals surface area contributed by atoms with E-state index in [1.807, 2.05) is 6.07 Å². The molecule has 1 aliphatic rings. The summed E-state index contributed by atoms with van der Waals surface area (Å²) in [5.74, 6) is 1.61. The van der Waals surface area contributed by atoms with Gasteiger partial charge in [0.1, 0.15) is 0 Å². The van der Waals surface area contributed by atoms with E-state index in [1.165, 1.54) is 12.8 Å². The molecule has 0 amide bonds. The van der Waals surface area contributed by atoms with Crippen LogP contribution in [0.1, 0.15) is 18.7 Å². The Morgan fingerprint density at radius 3 is 3.12 bits per heavy atom. The lowest BCUT2D eigenvalue weighted by molar-refractivity contribution is 0.477. The highest BCUT2D eigenvalue weighted by molar-refractivity contribution is 9.11. The van der Waals surface area contributed by atoms with E-state index in [9.17, 15) is 0 Å².